The normalized spacial score (nSPS) is 10.9. The van der Waals surface area contributed by atoms with Gasteiger partial charge in [0.2, 0.25) is 0 Å². The first kappa shape index (κ1) is 21.1. The lowest BCUT2D eigenvalue weighted by atomic mass is 10.0. The van der Waals surface area contributed by atoms with Crippen LogP contribution in [-0.2, 0) is 22.6 Å². The van der Waals surface area contributed by atoms with E-state index < -0.39 is 5.63 Å². The highest BCUT2D eigenvalue weighted by atomic mass is 79.9. The second kappa shape index (κ2) is 9.27. The maximum Gasteiger partial charge on any atom is 0.339 e. The Bertz CT molecular complexity index is 1100. The molecule has 152 valence electrons. The van der Waals surface area contributed by atoms with E-state index in [4.69, 9.17) is 13.9 Å². The molecule has 0 aliphatic heterocycles. The average molecular weight is 459 g/mol. The predicted octanol–water partition coefficient (Wildman–Crippen LogP) is 5.25. The summed E-state index contributed by atoms with van der Waals surface area (Å²) in [4.78, 5) is 24.2. The van der Waals surface area contributed by atoms with Gasteiger partial charge in [0.1, 0.15) is 17.9 Å². The number of carbonyl (C=O) groups excluding carboxylic acids is 1. The molecule has 6 heteroatoms. The summed E-state index contributed by atoms with van der Waals surface area (Å²) >= 11 is 3.45. The summed E-state index contributed by atoms with van der Waals surface area (Å²) in [5, 5.41) is 0.843. The third kappa shape index (κ3) is 4.88. The van der Waals surface area contributed by atoms with Crippen molar-refractivity contribution < 1.29 is 18.7 Å². The summed E-state index contributed by atoms with van der Waals surface area (Å²) in [6.07, 6.45) is 0.445. The van der Waals surface area contributed by atoms with Crippen molar-refractivity contribution in [1.29, 1.82) is 0 Å². The van der Waals surface area contributed by atoms with Crippen molar-refractivity contribution in [3.05, 3.63) is 73.5 Å². The van der Waals surface area contributed by atoms with Gasteiger partial charge in [-0.3, -0.25) is 4.79 Å². The van der Waals surface area contributed by atoms with E-state index in [1.54, 1.807) is 6.92 Å². The van der Waals surface area contributed by atoms with Crippen LogP contribution in [0.4, 0.5) is 0 Å². The lowest BCUT2D eigenvalue weighted by Crippen LogP contribution is -2.14. The van der Waals surface area contributed by atoms with E-state index in [-0.39, 0.29) is 12.4 Å². The molecule has 5 nitrogen and oxygen atoms in total. The number of benzene rings is 2. The van der Waals surface area contributed by atoms with Gasteiger partial charge in [0, 0.05) is 27.4 Å². The Labute approximate surface area is 177 Å². The molecule has 0 bridgehead atoms. The fraction of sp³-hybridized carbons (Fsp3) is 0.304. The number of aryl methyl sites for hydroxylation is 2. The van der Waals surface area contributed by atoms with Crippen molar-refractivity contribution in [1.82, 2.24) is 0 Å². The topological polar surface area (TPSA) is 65.7 Å². The molecule has 0 aliphatic rings. The number of fused-ring (bicyclic) bond motifs is 1. The summed E-state index contributed by atoms with van der Waals surface area (Å²) in [5.74, 6) is 0.346. The summed E-state index contributed by atoms with van der Waals surface area (Å²) < 4.78 is 17.5. The molecule has 0 spiro atoms. The second-order valence-electron chi connectivity index (χ2n) is 6.78. The summed E-state index contributed by atoms with van der Waals surface area (Å²) in [6.45, 7) is 6.24. The molecule has 1 heterocycles. The summed E-state index contributed by atoms with van der Waals surface area (Å²) in [6, 6.07) is 11.7. The lowest BCUT2D eigenvalue weighted by Gasteiger charge is -2.13. The van der Waals surface area contributed by atoms with Crippen molar-refractivity contribution in [2.24, 2.45) is 0 Å². The zero-order chi connectivity index (χ0) is 21.0. The highest BCUT2D eigenvalue weighted by Gasteiger charge is 2.16. The van der Waals surface area contributed by atoms with Gasteiger partial charge < -0.3 is 13.9 Å². The molecule has 0 saturated heterocycles. The third-order valence-electron chi connectivity index (χ3n) is 4.82. The SMILES string of the molecule is CCOC(=O)CCc1c(C)c2ccc(OCc3cccc(Br)c3)c(C)c2oc1=O. The Kier molecular flexibility index (Phi) is 6.75. The molecule has 29 heavy (non-hydrogen) atoms. The number of esters is 1. The Morgan fingerprint density at radius 2 is 1.93 bits per heavy atom. The number of carbonyl (C=O) groups is 1. The first-order valence-corrected chi connectivity index (χ1v) is 10.3. The van der Waals surface area contributed by atoms with Gasteiger partial charge in [0.25, 0.3) is 0 Å². The van der Waals surface area contributed by atoms with Gasteiger partial charge >= 0.3 is 11.6 Å². The predicted molar refractivity (Wildman–Crippen MR) is 115 cm³/mol. The van der Waals surface area contributed by atoms with Gasteiger partial charge in [0.05, 0.1) is 6.61 Å². The number of ether oxygens (including phenoxy) is 2. The molecule has 0 fully saturated rings. The average Bonchev–Trinajstić information content (AvgIpc) is 2.68. The van der Waals surface area contributed by atoms with Crippen LogP contribution >= 0.6 is 15.9 Å². The van der Waals surface area contributed by atoms with Gasteiger partial charge in [-0.15, -0.1) is 0 Å². The van der Waals surface area contributed by atoms with Crippen LogP contribution in [0, 0.1) is 13.8 Å². The van der Waals surface area contributed by atoms with Crippen LogP contribution in [0.25, 0.3) is 11.0 Å². The van der Waals surface area contributed by atoms with E-state index in [1.165, 1.54) is 0 Å². The van der Waals surface area contributed by atoms with Crippen molar-refractivity contribution in [3.8, 4) is 5.75 Å². The maximum absolute atomic E-state index is 12.5. The Morgan fingerprint density at radius 1 is 1.14 bits per heavy atom. The van der Waals surface area contributed by atoms with E-state index in [0.717, 1.165) is 26.5 Å². The van der Waals surface area contributed by atoms with E-state index in [1.807, 2.05) is 50.2 Å². The first-order chi connectivity index (χ1) is 13.9. The first-order valence-electron chi connectivity index (χ1n) is 9.49. The third-order valence-corrected chi connectivity index (χ3v) is 5.32. The second-order valence-corrected chi connectivity index (χ2v) is 7.70. The van der Waals surface area contributed by atoms with Crippen LogP contribution in [0.2, 0.25) is 0 Å². The van der Waals surface area contributed by atoms with Crippen molar-refractivity contribution in [2.45, 2.75) is 40.2 Å². The molecule has 0 unspecified atom stereocenters. The number of halogens is 1. The van der Waals surface area contributed by atoms with Gasteiger partial charge in [-0.1, -0.05) is 28.1 Å². The molecule has 3 rings (SSSR count). The van der Waals surface area contributed by atoms with E-state index in [0.29, 0.717) is 36.5 Å². The van der Waals surface area contributed by atoms with Crippen LogP contribution in [0.15, 0.2) is 50.1 Å². The van der Waals surface area contributed by atoms with Gasteiger partial charge in [-0.2, -0.15) is 0 Å². The smallest absolute Gasteiger partial charge is 0.339 e. The Morgan fingerprint density at radius 3 is 2.66 bits per heavy atom. The molecular weight excluding hydrogens is 436 g/mol. The van der Waals surface area contributed by atoms with E-state index in [9.17, 15) is 9.59 Å². The summed E-state index contributed by atoms with van der Waals surface area (Å²) in [7, 11) is 0. The molecule has 0 atom stereocenters. The lowest BCUT2D eigenvalue weighted by molar-refractivity contribution is -0.143. The van der Waals surface area contributed by atoms with Crippen molar-refractivity contribution in [2.75, 3.05) is 6.61 Å². The molecule has 0 N–H and O–H groups in total. The van der Waals surface area contributed by atoms with Gasteiger partial charge in [-0.25, -0.2) is 4.79 Å². The highest BCUT2D eigenvalue weighted by Crippen LogP contribution is 2.30. The minimum Gasteiger partial charge on any atom is -0.488 e. The van der Waals surface area contributed by atoms with Crippen LogP contribution in [0.5, 0.6) is 5.75 Å². The molecule has 1 aromatic heterocycles. The van der Waals surface area contributed by atoms with E-state index >= 15 is 0 Å². The fourth-order valence-corrected chi connectivity index (χ4v) is 3.71. The Balaban J connectivity index is 1.87. The minimum atomic E-state index is -0.425. The van der Waals surface area contributed by atoms with Gasteiger partial charge in [-0.05, 0) is 62.6 Å². The number of hydrogen-bond acceptors (Lipinski definition) is 5. The minimum absolute atomic E-state index is 0.151. The molecule has 0 saturated carbocycles. The standard InChI is InChI=1S/C23H23BrO5/c1-4-27-21(25)11-9-19-14(2)18-8-10-20(15(3)22(18)29-23(19)26)28-13-16-6-5-7-17(24)12-16/h5-8,10,12H,4,9,11,13H2,1-3H3. The van der Waals surface area contributed by atoms with Gasteiger partial charge in [0.15, 0.2) is 0 Å². The number of rotatable bonds is 7. The quantitative estimate of drug-likeness (QED) is 0.357. The molecule has 2 aromatic carbocycles. The van der Waals surface area contributed by atoms with Crippen molar-refractivity contribution >= 4 is 32.9 Å². The Hall–Kier alpha value is -2.60. The molecule has 0 amide bonds. The zero-order valence-electron chi connectivity index (χ0n) is 16.7. The maximum atomic E-state index is 12.5. The van der Waals surface area contributed by atoms with Crippen LogP contribution in [0.3, 0.4) is 0 Å². The van der Waals surface area contributed by atoms with Crippen LogP contribution in [-0.4, -0.2) is 12.6 Å². The monoisotopic (exact) mass is 458 g/mol. The molecule has 3 aromatic rings. The largest absolute Gasteiger partial charge is 0.488 e. The van der Waals surface area contributed by atoms with Crippen LogP contribution < -0.4 is 10.4 Å². The van der Waals surface area contributed by atoms with Crippen LogP contribution in [0.1, 0.15) is 35.6 Å². The zero-order valence-corrected chi connectivity index (χ0v) is 18.3. The number of hydrogen-bond donors (Lipinski definition) is 0. The fourth-order valence-electron chi connectivity index (χ4n) is 3.26. The molecule has 0 radical (unpaired) electrons. The van der Waals surface area contributed by atoms with Crippen molar-refractivity contribution in [3.63, 3.8) is 0 Å². The molecular formula is C23H23BrO5. The molecule has 0 aliphatic carbocycles. The highest BCUT2D eigenvalue weighted by molar-refractivity contribution is 9.10. The summed E-state index contributed by atoms with van der Waals surface area (Å²) in [5.41, 5.74) is 3.22. The van der Waals surface area contributed by atoms with E-state index in [2.05, 4.69) is 15.9 Å².